The second-order valence-corrected chi connectivity index (χ2v) is 5.63. The summed E-state index contributed by atoms with van der Waals surface area (Å²) in [5.74, 6) is 0.218. The van der Waals surface area contributed by atoms with Crippen LogP contribution in [-0.4, -0.2) is 34.7 Å². The number of benzene rings is 2. The topological polar surface area (TPSA) is 47.4 Å². The van der Waals surface area contributed by atoms with Crippen LogP contribution in [0.15, 0.2) is 60.8 Å². The summed E-state index contributed by atoms with van der Waals surface area (Å²) in [5, 5.41) is 4.25. The smallest absolute Gasteiger partial charge is 0.274 e. The van der Waals surface area contributed by atoms with E-state index < -0.39 is 0 Å². The molecule has 0 saturated carbocycles. The monoisotopic (exact) mass is 339 g/mol. The van der Waals surface area contributed by atoms with E-state index in [0.29, 0.717) is 17.9 Å². The average molecular weight is 339 g/mol. The molecule has 128 valence electrons. The summed E-state index contributed by atoms with van der Waals surface area (Å²) in [5.41, 5.74) is 1.86. The molecule has 1 aromatic heterocycles. The number of nitrogens with zero attached hydrogens (tertiary/aromatic N) is 3. The van der Waals surface area contributed by atoms with Gasteiger partial charge in [0.05, 0.1) is 12.8 Å². The zero-order chi connectivity index (χ0) is 17.8. The van der Waals surface area contributed by atoms with Crippen molar-refractivity contribution in [1.82, 2.24) is 14.7 Å². The largest absolute Gasteiger partial charge is 0.497 e. The zero-order valence-corrected chi connectivity index (χ0v) is 14.0. The molecule has 3 rings (SSSR count). The summed E-state index contributed by atoms with van der Waals surface area (Å²) in [7, 11) is 3.33. The summed E-state index contributed by atoms with van der Waals surface area (Å²) in [4.78, 5) is 14.1. The van der Waals surface area contributed by atoms with Crippen LogP contribution in [0.25, 0.3) is 5.69 Å². The zero-order valence-electron chi connectivity index (χ0n) is 14.0. The van der Waals surface area contributed by atoms with E-state index in [2.05, 4.69) is 5.10 Å². The summed E-state index contributed by atoms with van der Waals surface area (Å²) >= 11 is 0. The van der Waals surface area contributed by atoms with Crippen LogP contribution in [0.1, 0.15) is 16.1 Å². The van der Waals surface area contributed by atoms with Gasteiger partial charge in [-0.3, -0.25) is 4.79 Å². The molecule has 0 atom stereocenters. The highest BCUT2D eigenvalue weighted by atomic mass is 19.1. The minimum atomic E-state index is -0.350. The van der Waals surface area contributed by atoms with E-state index in [4.69, 9.17) is 4.74 Å². The van der Waals surface area contributed by atoms with Crippen LogP contribution in [-0.2, 0) is 6.54 Å². The lowest BCUT2D eigenvalue weighted by atomic mass is 10.2. The van der Waals surface area contributed by atoms with Gasteiger partial charge in [-0.05, 0) is 42.0 Å². The Kier molecular flexibility index (Phi) is 4.79. The minimum absolute atomic E-state index is 0.203. The number of carbonyl (C=O) groups is 1. The molecule has 0 fully saturated rings. The molecule has 0 bridgehead atoms. The van der Waals surface area contributed by atoms with Crippen molar-refractivity contribution < 1.29 is 13.9 Å². The Morgan fingerprint density at radius 1 is 1.20 bits per heavy atom. The number of rotatable bonds is 5. The molecule has 0 N–H and O–H groups in total. The fourth-order valence-corrected chi connectivity index (χ4v) is 2.47. The Balaban J connectivity index is 1.72. The first-order valence-corrected chi connectivity index (χ1v) is 7.77. The van der Waals surface area contributed by atoms with Gasteiger partial charge in [0.25, 0.3) is 5.91 Å². The van der Waals surface area contributed by atoms with E-state index in [1.165, 1.54) is 16.8 Å². The Bertz CT molecular complexity index is 874. The third-order valence-electron chi connectivity index (χ3n) is 3.81. The molecule has 25 heavy (non-hydrogen) atoms. The number of carbonyl (C=O) groups excluding carboxylic acids is 1. The van der Waals surface area contributed by atoms with E-state index in [-0.39, 0.29) is 11.7 Å². The maximum absolute atomic E-state index is 13.3. The summed E-state index contributed by atoms with van der Waals surface area (Å²) in [6, 6.07) is 15.2. The Labute approximate surface area is 145 Å². The Morgan fingerprint density at radius 2 is 1.96 bits per heavy atom. The second kappa shape index (κ2) is 7.17. The molecule has 1 amide bonds. The van der Waals surface area contributed by atoms with Crippen LogP contribution in [0.2, 0.25) is 0 Å². The van der Waals surface area contributed by atoms with Crippen LogP contribution < -0.4 is 4.74 Å². The molecule has 0 aliphatic heterocycles. The average Bonchev–Trinajstić information content (AvgIpc) is 3.12. The van der Waals surface area contributed by atoms with Gasteiger partial charge in [0.2, 0.25) is 0 Å². The van der Waals surface area contributed by atoms with Crippen molar-refractivity contribution in [2.24, 2.45) is 0 Å². The standard InChI is InChI=1S/C19H18FN3O2/c1-22(13-14-6-8-17(25-2)9-7-14)19(24)18-10-11-23(21-18)16-5-3-4-15(20)12-16/h3-12H,13H2,1-2H3. The predicted molar refractivity (Wildman–Crippen MR) is 92.3 cm³/mol. The first kappa shape index (κ1) is 16.7. The molecule has 0 aliphatic rings. The van der Waals surface area contributed by atoms with E-state index in [1.807, 2.05) is 24.3 Å². The quantitative estimate of drug-likeness (QED) is 0.717. The van der Waals surface area contributed by atoms with Crippen LogP contribution in [0.4, 0.5) is 4.39 Å². The fourth-order valence-electron chi connectivity index (χ4n) is 2.47. The number of aromatic nitrogens is 2. The van der Waals surface area contributed by atoms with Crippen molar-refractivity contribution in [2.75, 3.05) is 14.2 Å². The van der Waals surface area contributed by atoms with Gasteiger partial charge >= 0.3 is 0 Å². The minimum Gasteiger partial charge on any atom is -0.497 e. The fraction of sp³-hybridized carbons (Fsp3) is 0.158. The number of ether oxygens (including phenoxy) is 1. The van der Waals surface area contributed by atoms with Gasteiger partial charge in [0, 0.05) is 19.8 Å². The lowest BCUT2D eigenvalue weighted by Gasteiger charge is -2.16. The molecule has 3 aromatic rings. The van der Waals surface area contributed by atoms with Crippen molar-refractivity contribution in [1.29, 1.82) is 0 Å². The highest BCUT2D eigenvalue weighted by Gasteiger charge is 2.15. The van der Waals surface area contributed by atoms with Crippen LogP contribution >= 0.6 is 0 Å². The molecule has 0 radical (unpaired) electrons. The Hall–Kier alpha value is -3.15. The lowest BCUT2D eigenvalue weighted by molar-refractivity contribution is 0.0779. The predicted octanol–water partition coefficient (Wildman–Crippen LogP) is 3.29. The molecular weight excluding hydrogens is 321 g/mol. The van der Waals surface area contributed by atoms with Crippen molar-refractivity contribution in [3.8, 4) is 11.4 Å². The molecule has 6 heteroatoms. The van der Waals surface area contributed by atoms with Gasteiger partial charge in [0.1, 0.15) is 11.6 Å². The van der Waals surface area contributed by atoms with Gasteiger partial charge in [-0.15, -0.1) is 0 Å². The normalized spacial score (nSPS) is 10.5. The lowest BCUT2D eigenvalue weighted by Crippen LogP contribution is -2.26. The Morgan fingerprint density at radius 3 is 2.64 bits per heavy atom. The van der Waals surface area contributed by atoms with Crippen molar-refractivity contribution >= 4 is 5.91 Å². The van der Waals surface area contributed by atoms with E-state index >= 15 is 0 Å². The maximum Gasteiger partial charge on any atom is 0.274 e. The third kappa shape index (κ3) is 3.85. The van der Waals surface area contributed by atoms with Crippen molar-refractivity contribution in [3.05, 3.63) is 77.9 Å². The third-order valence-corrected chi connectivity index (χ3v) is 3.81. The molecular formula is C19H18FN3O2. The molecule has 0 unspecified atom stereocenters. The van der Waals surface area contributed by atoms with E-state index in [9.17, 15) is 9.18 Å². The highest BCUT2D eigenvalue weighted by Crippen LogP contribution is 2.14. The number of hydrogen-bond donors (Lipinski definition) is 0. The van der Waals surface area contributed by atoms with Crippen LogP contribution in [0.3, 0.4) is 0 Å². The number of amides is 1. The molecule has 0 spiro atoms. The van der Waals surface area contributed by atoms with Gasteiger partial charge in [-0.2, -0.15) is 5.10 Å². The van der Waals surface area contributed by atoms with Gasteiger partial charge in [0.15, 0.2) is 5.69 Å². The number of halogens is 1. The summed E-state index contributed by atoms with van der Waals surface area (Å²) in [6.07, 6.45) is 1.64. The van der Waals surface area contributed by atoms with Crippen molar-refractivity contribution in [3.63, 3.8) is 0 Å². The summed E-state index contributed by atoms with van der Waals surface area (Å²) in [6.45, 7) is 0.454. The second-order valence-electron chi connectivity index (χ2n) is 5.63. The van der Waals surface area contributed by atoms with Gasteiger partial charge in [-0.1, -0.05) is 18.2 Å². The van der Waals surface area contributed by atoms with Gasteiger partial charge in [-0.25, -0.2) is 9.07 Å². The molecule has 5 nitrogen and oxygen atoms in total. The molecule has 1 heterocycles. The molecule has 0 aliphatic carbocycles. The summed E-state index contributed by atoms with van der Waals surface area (Å²) < 4.78 is 19.9. The van der Waals surface area contributed by atoms with E-state index in [0.717, 1.165) is 11.3 Å². The molecule has 2 aromatic carbocycles. The molecule has 0 saturated heterocycles. The highest BCUT2D eigenvalue weighted by molar-refractivity contribution is 5.92. The van der Waals surface area contributed by atoms with Crippen LogP contribution in [0, 0.1) is 5.82 Å². The number of methoxy groups -OCH3 is 1. The SMILES string of the molecule is COc1ccc(CN(C)C(=O)c2ccn(-c3cccc(F)c3)n2)cc1. The maximum atomic E-state index is 13.3. The van der Waals surface area contributed by atoms with Crippen molar-refractivity contribution in [2.45, 2.75) is 6.54 Å². The van der Waals surface area contributed by atoms with Gasteiger partial charge < -0.3 is 9.64 Å². The first-order chi connectivity index (χ1) is 12.1. The number of hydrogen-bond acceptors (Lipinski definition) is 3. The van der Waals surface area contributed by atoms with E-state index in [1.54, 1.807) is 43.5 Å². The first-order valence-electron chi connectivity index (χ1n) is 7.77. The van der Waals surface area contributed by atoms with Crippen LogP contribution in [0.5, 0.6) is 5.75 Å².